The van der Waals surface area contributed by atoms with Crippen molar-refractivity contribution in [2.45, 2.75) is 33.1 Å². The summed E-state index contributed by atoms with van der Waals surface area (Å²) in [5.41, 5.74) is 1.19. The molecule has 1 nitrogen and oxygen atoms in total. The van der Waals surface area contributed by atoms with Crippen molar-refractivity contribution in [1.29, 1.82) is 0 Å². The number of carbonyl (C=O) groups excluding carboxylic acids is 1. The average molecular weight is 176 g/mol. The molecule has 2 aliphatic rings. The molecule has 2 aliphatic carbocycles. The van der Waals surface area contributed by atoms with Crippen LogP contribution in [-0.2, 0) is 4.79 Å². The van der Waals surface area contributed by atoms with Gasteiger partial charge in [-0.25, -0.2) is 0 Å². The van der Waals surface area contributed by atoms with Crippen molar-refractivity contribution in [3.63, 3.8) is 0 Å². The topological polar surface area (TPSA) is 17.1 Å². The maximum Gasteiger partial charge on any atom is 0.162 e. The molecule has 2 unspecified atom stereocenters. The van der Waals surface area contributed by atoms with E-state index >= 15 is 0 Å². The number of hydrogen-bond acceptors (Lipinski definition) is 1. The number of ketones is 1. The molecular weight excluding hydrogens is 160 g/mol. The van der Waals surface area contributed by atoms with E-state index in [9.17, 15) is 4.79 Å². The lowest BCUT2D eigenvalue weighted by atomic mass is 9.67. The van der Waals surface area contributed by atoms with Crippen molar-refractivity contribution in [2.24, 2.45) is 11.3 Å². The van der Waals surface area contributed by atoms with Gasteiger partial charge in [-0.1, -0.05) is 24.6 Å². The highest BCUT2D eigenvalue weighted by molar-refractivity contribution is 5.97. The van der Waals surface area contributed by atoms with Crippen molar-refractivity contribution in [2.75, 3.05) is 0 Å². The van der Waals surface area contributed by atoms with Gasteiger partial charge in [-0.15, -0.1) is 0 Å². The van der Waals surface area contributed by atoms with Crippen LogP contribution in [-0.4, -0.2) is 5.78 Å². The molecule has 70 valence electrons. The first-order valence-corrected chi connectivity index (χ1v) is 5.03. The van der Waals surface area contributed by atoms with Crippen LogP contribution < -0.4 is 0 Å². The van der Waals surface area contributed by atoms with Gasteiger partial charge in [0.15, 0.2) is 5.78 Å². The minimum absolute atomic E-state index is 0.0560. The molecule has 0 aromatic rings. The Labute approximate surface area is 79.5 Å². The summed E-state index contributed by atoms with van der Waals surface area (Å²) in [7, 11) is 0. The summed E-state index contributed by atoms with van der Waals surface area (Å²) in [6, 6.07) is 0. The highest BCUT2D eigenvalue weighted by Gasteiger charge is 2.43. The van der Waals surface area contributed by atoms with Crippen LogP contribution in [0.15, 0.2) is 23.8 Å². The molecule has 0 saturated heterocycles. The third kappa shape index (κ3) is 1.18. The van der Waals surface area contributed by atoms with Crippen molar-refractivity contribution in [1.82, 2.24) is 0 Å². The van der Waals surface area contributed by atoms with Gasteiger partial charge in [-0.05, 0) is 38.2 Å². The molecule has 0 bridgehead atoms. The Kier molecular flexibility index (Phi) is 1.90. The summed E-state index contributed by atoms with van der Waals surface area (Å²) in [6.45, 7) is 4.22. The Hall–Kier alpha value is -0.850. The molecule has 0 aromatic heterocycles. The van der Waals surface area contributed by atoms with Gasteiger partial charge < -0.3 is 0 Å². The fourth-order valence-corrected chi connectivity index (χ4v) is 2.49. The van der Waals surface area contributed by atoms with Crippen LogP contribution in [0.3, 0.4) is 0 Å². The van der Waals surface area contributed by atoms with Gasteiger partial charge in [0.1, 0.15) is 0 Å². The zero-order chi connectivity index (χ0) is 9.47. The Balaban J connectivity index is 2.31. The molecule has 0 aromatic carbocycles. The molecule has 1 heteroatoms. The second-order valence-electron chi connectivity index (χ2n) is 4.43. The summed E-state index contributed by atoms with van der Waals surface area (Å²) < 4.78 is 0. The highest BCUT2D eigenvalue weighted by atomic mass is 16.1. The number of carbonyl (C=O) groups is 1. The molecule has 0 N–H and O–H groups in total. The van der Waals surface area contributed by atoms with Crippen LogP contribution in [0.4, 0.5) is 0 Å². The van der Waals surface area contributed by atoms with Gasteiger partial charge in [0.25, 0.3) is 0 Å². The van der Waals surface area contributed by atoms with Crippen LogP contribution in [0, 0.1) is 11.3 Å². The number of rotatable bonds is 0. The molecule has 0 amide bonds. The number of hydrogen-bond donors (Lipinski definition) is 0. The second-order valence-corrected chi connectivity index (χ2v) is 4.43. The molecule has 2 atom stereocenters. The fourth-order valence-electron chi connectivity index (χ4n) is 2.49. The van der Waals surface area contributed by atoms with Crippen LogP contribution >= 0.6 is 0 Å². The Morgan fingerprint density at radius 2 is 2.31 bits per heavy atom. The maximum atomic E-state index is 11.9. The average Bonchev–Trinajstić information content (AvgIpc) is 2.43. The molecule has 13 heavy (non-hydrogen) atoms. The molecule has 0 aliphatic heterocycles. The van der Waals surface area contributed by atoms with Gasteiger partial charge in [0.2, 0.25) is 0 Å². The molecule has 2 rings (SSSR count). The maximum absolute atomic E-state index is 11.9. The summed E-state index contributed by atoms with van der Waals surface area (Å²) in [6.07, 6.45) is 9.30. The van der Waals surface area contributed by atoms with Gasteiger partial charge >= 0.3 is 0 Å². The van der Waals surface area contributed by atoms with Crippen LogP contribution in [0.5, 0.6) is 0 Å². The quantitative estimate of drug-likeness (QED) is 0.519. The molecular formula is C12H16O. The standard InChI is InChI=1S/C12H16O/c1-9-5-7-12(11(13)8-9)6-3-4-10(12)2/h3-4,8,10H,5-7H2,1-2H3. The van der Waals surface area contributed by atoms with Crippen molar-refractivity contribution in [3.05, 3.63) is 23.8 Å². The molecule has 1 spiro atoms. The van der Waals surface area contributed by atoms with E-state index < -0.39 is 0 Å². The third-order valence-corrected chi connectivity index (χ3v) is 3.61. The summed E-state index contributed by atoms with van der Waals surface area (Å²) in [5.74, 6) is 0.790. The Morgan fingerprint density at radius 1 is 1.54 bits per heavy atom. The Morgan fingerprint density at radius 3 is 2.85 bits per heavy atom. The van der Waals surface area contributed by atoms with E-state index in [0.29, 0.717) is 11.7 Å². The molecule has 0 heterocycles. The molecule has 0 saturated carbocycles. The van der Waals surface area contributed by atoms with E-state index in [1.54, 1.807) is 0 Å². The van der Waals surface area contributed by atoms with Crippen LogP contribution in [0.25, 0.3) is 0 Å². The fraction of sp³-hybridized carbons (Fsp3) is 0.583. The van der Waals surface area contributed by atoms with E-state index in [1.807, 2.05) is 6.08 Å². The van der Waals surface area contributed by atoms with Gasteiger partial charge in [-0.2, -0.15) is 0 Å². The normalized spacial score (nSPS) is 38.5. The van der Waals surface area contributed by atoms with E-state index in [0.717, 1.165) is 19.3 Å². The second kappa shape index (κ2) is 2.83. The smallest absolute Gasteiger partial charge is 0.162 e. The van der Waals surface area contributed by atoms with Gasteiger partial charge in [0, 0.05) is 5.41 Å². The van der Waals surface area contributed by atoms with Crippen molar-refractivity contribution >= 4 is 5.78 Å². The van der Waals surface area contributed by atoms with E-state index in [4.69, 9.17) is 0 Å². The lowest BCUT2D eigenvalue weighted by molar-refractivity contribution is -0.126. The first-order valence-electron chi connectivity index (χ1n) is 5.03. The SMILES string of the molecule is CC1=CC(=O)C2(CC=CC2C)CC1. The zero-order valence-electron chi connectivity index (χ0n) is 8.34. The first-order chi connectivity index (χ1) is 6.15. The lowest BCUT2D eigenvalue weighted by Gasteiger charge is -2.34. The zero-order valence-corrected chi connectivity index (χ0v) is 8.34. The van der Waals surface area contributed by atoms with Gasteiger partial charge in [-0.3, -0.25) is 4.79 Å². The van der Waals surface area contributed by atoms with E-state index in [1.165, 1.54) is 5.57 Å². The van der Waals surface area contributed by atoms with Crippen LogP contribution in [0.1, 0.15) is 33.1 Å². The molecule has 0 fully saturated rings. The van der Waals surface area contributed by atoms with Crippen LogP contribution in [0.2, 0.25) is 0 Å². The predicted octanol–water partition coefficient (Wildman–Crippen LogP) is 2.88. The van der Waals surface area contributed by atoms with E-state index in [2.05, 4.69) is 26.0 Å². The summed E-state index contributed by atoms with van der Waals surface area (Å²) >= 11 is 0. The Bertz CT molecular complexity index is 298. The van der Waals surface area contributed by atoms with Crippen molar-refractivity contribution in [3.8, 4) is 0 Å². The predicted molar refractivity (Wildman–Crippen MR) is 53.4 cm³/mol. The first kappa shape index (κ1) is 8.74. The lowest BCUT2D eigenvalue weighted by Crippen LogP contribution is -2.35. The monoisotopic (exact) mass is 176 g/mol. The number of allylic oxidation sites excluding steroid dienone is 4. The van der Waals surface area contributed by atoms with Gasteiger partial charge in [0.05, 0.1) is 0 Å². The highest BCUT2D eigenvalue weighted by Crippen LogP contribution is 2.46. The molecule has 0 radical (unpaired) electrons. The summed E-state index contributed by atoms with van der Waals surface area (Å²) in [5, 5.41) is 0. The minimum atomic E-state index is -0.0560. The van der Waals surface area contributed by atoms with E-state index in [-0.39, 0.29) is 5.41 Å². The minimum Gasteiger partial charge on any atom is -0.294 e. The summed E-state index contributed by atoms with van der Waals surface area (Å²) in [4.78, 5) is 11.9. The third-order valence-electron chi connectivity index (χ3n) is 3.61. The van der Waals surface area contributed by atoms with Crippen molar-refractivity contribution < 1.29 is 4.79 Å². The largest absolute Gasteiger partial charge is 0.294 e.